The van der Waals surface area contributed by atoms with E-state index in [2.05, 4.69) is 5.32 Å². The fourth-order valence-corrected chi connectivity index (χ4v) is 2.30. The predicted molar refractivity (Wildman–Crippen MR) is 88.1 cm³/mol. The van der Waals surface area contributed by atoms with E-state index in [1.807, 2.05) is 24.3 Å². The third-order valence-electron chi connectivity index (χ3n) is 3.57. The molecule has 118 valence electrons. The lowest BCUT2D eigenvalue weighted by Gasteiger charge is -2.18. The van der Waals surface area contributed by atoms with Crippen molar-refractivity contribution < 1.29 is 19.0 Å². The number of fused-ring (bicyclic) bond motifs is 1. The number of carbonyl (C=O) groups is 1. The minimum Gasteiger partial charge on any atom is -0.497 e. The van der Waals surface area contributed by atoms with E-state index < -0.39 is 0 Å². The van der Waals surface area contributed by atoms with Crippen molar-refractivity contribution in [2.45, 2.75) is 0 Å². The van der Waals surface area contributed by atoms with Crippen molar-refractivity contribution in [3.05, 3.63) is 53.6 Å². The Kier molecular flexibility index (Phi) is 4.19. The molecule has 5 nitrogen and oxygen atoms in total. The minimum absolute atomic E-state index is 0.191. The predicted octanol–water partition coefficient (Wildman–Crippen LogP) is 3.12. The van der Waals surface area contributed by atoms with Crippen LogP contribution >= 0.6 is 0 Å². The molecule has 0 saturated carbocycles. The monoisotopic (exact) mass is 311 g/mol. The normalized spacial score (nSPS) is 12.5. The maximum Gasteiger partial charge on any atom is 0.255 e. The Morgan fingerprint density at radius 3 is 2.43 bits per heavy atom. The van der Waals surface area contributed by atoms with Crippen molar-refractivity contribution in [2.75, 3.05) is 26.1 Å². The van der Waals surface area contributed by atoms with Gasteiger partial charge in [-0.25, -0.2) is 0 Å². The quantitative estimate of drug-likeness (QED) is 0.942. The van der Waals surface area contributed by atoms with Crippen LogP contribution in [0.25, 0.3) is 6.08 Å². The van der Waals surface area contributed by atoms with E-state index in [0.29, 0.717) is 11.3 Å². The molecule has 0 aromatic heterocycles. The standard InChI is InChI=1S/C18H17NO4/c1-21-15-5-3-14(4-6-15)19-18(20)13-9-12-10-16(22-2)7-8-17(12)23-11-13/h3-10H,11H2,1-2H3,(H,19,20). The van der Waals surface area contributed by atoms with Gasteiger partial charge >= 0.3 is 0 Å². The van der Waals surface area contributed by atoms with Gasteiger partial charge in [0, 0.05) is 11.3 Å². The van der Waals surface area contributed by atoms with Gasteiger partial charge in [0.2, 0.25) is 0 Å². The highest BCUT2D eigenvalue weighted by molar-refractivity contribution is 6.07. The molecular formula is C18H17NO4. The molecule has 1 aliphatic heterocycles. The van der Waals surface area contributed by atoms with E-state index in [4.69, 9.17) is 14.2 Å². The first-order valence-corrected chi connectivity index (χ1v) is 7.16. The molecule has 1 amide bonds. The number of hydrogen-bond acceptors (Lipinski definition) is 4. The van der Waals surface area contributed by atoms with Gasteiger partial charge < -0.3 is 19.5 Å². The van der Waals surface area contributed by atoms with Crippen LogP contribution in [0.3, 0.4) is 0 Å². The molecule has 0 bridgehead atoms. The molecule has 0 aliphatic carbocycles. The molecule has 0 spiro atoms. The van der Waals surface area contributed by atoms with Crippen molar-refractivity contribution in [1.29, 1.82) is 0 Å². The fraction of sp³-hybridized carbons (Fsp3) is 0.167. The average Bonchev–Trinajstić information content (AvgIpc) is 2.61. The largest absolute Gasteiger partial charge is 0.497 e. The lowest BCUT2D eigenvalue weighted by Crippen LogP contribution is -2.21. The summed E-state index contributed by atoms with van der Waals surface area (Å²) in [5, 5.41) is 2.85. The van der Waals surface area contributed by atoms with Crippen LogP contribution < -0.4 is 19.5 Å². The molecule has 2 aromatic rings. The molecule has 0 unspecified atom stereocenters. The summed E-state index contributed by atoms with van der Waals surface area (Å²) in [6.45, 7) is 0.237. The number of ether oxygens (including phenoxy) is 3. The topological polar surface area (TPSA) is 56.8 Å². The third kappa shape index (κ3) is 3.29. The maximum absolute atomic E-state index is 12.4. The summed E-state index contributed by atoms with van der Waals surface area (Å²) in [7, 11) is 3.20. The van der Waals surface area contributed by atoms with Crippen molar-refractivity contribution in [1.82, 2.24) is 0 Å². The molecule has 1 heterocycles. The van der Waals surface area contributed by atoms with Crippen LogP contribution in [0.5, 0.6) is 17.2 Å². The smallest absolute Gasteiger partial charge is 0.255 e. The van der Waals surface area contributed by atoms with Crippen LogP contribution in [0.4, 0.5) is 5.69 Å². The number of carbonyl (C=O) groups excluding carboxylic acids is 1. The molecule has 0 atom stereocenters. The fourth-order valence-electron chi connectivity index (χ4n) is 2.30. The number of rotatable bonds is 4. The lowest BCUT2D eigenvalue weighted by molar-refractivity contribution is -0.113. The van der Waals surface area contributed by atoms with Gasteiger partial charge in [0.05, 0.1) is 19.8 Å². The Hall–Kier alpha value is -2.95. The highest BCUT2D eigenvalue weighted by Crippen LogP contribution is 2.30. The SMILES string of the molecule is COc1ccc(NC(=O)C2=Cc3cc(OC)ccc3OC2)cc1. The van der Waals surface area contributed by atoms with Crippen LogP contribution in [0.15, 0.2) is 48.0 Å². The Labute approximate surface area is 134 Å². The van der Waals surface area contributed by atoms with Crippen molar-refractivity contribution in [3.63, 3.8) is 0 Å². The number of nitrogens with one attached hydrogen (secondary N) is 1. The molecule has 0 fully saturated rings. The summed E-state index contributed by atoms with van der Waals surface area (Å²) in [5.74, 6) is 2.01. The zero-order valence-corrected chi connectivity index (χ0v) is 13.0. The Morgan fingerprint density at radius 2 is 1.74 bits per heavy atom. The molecule has 1 aliphatic rings. The average molecular weight is 311 g/mol. The van der Waals surface area contributed by atoms with E-state index in [0.717, 1.165) is 22.8 Å². The first-order chi connectivity index (χ1) is 11.2. The van der Waals surface area contributed by atoms with Crippen LogP contribution in [-0.4, -0.2) is 26.7 Å². The third-order valence-corrected chi connectivity index (χ3v) is 3.57. The Bertz CT molecular complexity index is 750. The summed E-state index contributed by atoms with van der Waals surface area (Å²) in [6.07, 6.45) is 1.82. The van der Waals surface area contributed by atoms with Crippen LogP contribution in [0, 0.1) is 0 Å². The molecule has 0 radical (unpaired) electrons. The number of benzene rings is 2. The van der Waals surface area contributed by atoms with E-state index in [9.17, 15) is 4.79 Å². The van der Waals surface area contributed by atoms with Crippen LogP contribution in [0.1, 0.15) is 5.56 Å². The summed E-state index contributed by atoms with van der Waals surface area (Å²) in [5.41, 5.74) is 2.09. The summed E-state index contributed by atoms with van der Waals surface area (Å²) < 4.78 is 15.9. The van der Waals surface area contributed by atoms with Gasteiger partial charge in [0.1, 0.15) is 23.9 Å². The molecular weight excluding hydrogens is 294 g/mol. The van der Waals surface area contributed by atoms with Crippen LogP contribution in [-0.2, 0) is 4.79 Å². The van der Waals surface area contributed by atoms with Crippen molar-refractivity contribution in [3.8, 4) is 17.2 Å². The Balaban J connectivity index is 1.77. The second-order valence-corrected chi connectivity index (χ2v) is 5.04. The molecule has 3 rings (SSSR count). The van der Waals surface area contributed by atoms with Crippen molar-refractivity contribution >= 4 is 17.7 Å². The van der Waals surface area contributed by atoms with Crippen molar-refractivity contribution in [2.24, 2.45) is 0 Å². The highest BCUT2D eigenvalue weighted by atomic mass is 16.5. The molecule has 5 heteroatoms. The second kappa shape index (κ2) is 6.44. The summed E-state index contributed by atoms with van der Waals surface area (Å²) in [4.78, 5) is 12.4. The zero-order chi connectivity index (χ0) is 16.2. The van der Waals surface area contributed by atoms with E-state index in [-0.39, 0.29) is 12.5 Å². The number of amides is 1. The Morgan fingerprint density at radius 1 is 1.04 bits per heavy atom. The molecule has 1 N–H and O–H groups in total. The maximum atomic E-state index is 12.4. The van der Waals surface area contributed by atoms with Gasteiger partial charge in [-0.1, -0.05) is 0 Å². The van der Waals surface area contributed by atoms with E-state index >= 15 is 0 Å². The van der Waals surface area contributed by atoms with Gasteiger partial charge in [-0.3, -0.25) is 4.79 Å². The lowest BCUT2D eigenvalue weighted by atomic mass is 10.1. The van der Waals surface area contributed by atoms with Gasteiger partial charge in [0.25, 0.3) is 5.91 Å². The number of hydrogen-bond donors (Lipinski definition) is 1. The molecule has 23 heavy (non-hydrogen) atoms. The summed E-state index contributed by atoms with van der Waals surface area (Å²) in [6, 6.07) is 12.7. The molecule has 2 aromatic carbocycles. The second-order valence-electron chi connectivity index (χ2n) is 5.04. The zero-order valence-electron chi connectivity index (χ0n) is 13.0. The van der Waals surface area contributed by atoms with E-state index in [1.165, 1.54) is 0 Å². The first kappa shape index (κ1) is 15.0. The van der Waals surface area contributed by atoms with Gasteiger partial charge in [-0.05, 0) is 48.5 Å². The van der Waals surface area contributed by atoms with Gasteiger partial charge in [-0.15, -0.1) is 0 Å². The number of methoxy groups -OCH3 is 2. The summed E-state index contributed by atoms with van der Waals surface area (Å²) >= 11 is 0. The molecule has 0 saturated heterocycles. The first-order valence-electron chi connectivity index (χ1n) is 7.16. The minimum atomic E-state index is -0.191. The van der Waals surface area contributed by atoms with Crippen LogP contribution in [0.2, 0.25) is 0 Å². The highest BCUT2D eigenvalue weighted by Gasteiger charge is 2.18. The number of anilines is 1. The van der Waals surface area contributed by atoms with Gasteiger partial charge in [0.15, 0.2) is 0 Å². The van der Waals surface area contributed by atoms with E-state index in [1.54, 1.807) is 38.5 Å². The van der Waals surface area contributed by atoms with Gasteiger partial charge in [-0.2, -0.15) is 0 Å².